The van der Waals surface area contributed by atoms with Crippen molar-refractivity contribution < 1.29 is 22.4 Å². The maximum atomic E-state index is 13.1. The summed E-state index contributed by atoms with van der Waals surface area (Å²) in [6, 6.07) is 8.35. The van der Waals surface area contributed by atoms with Crippen molar-refractivity contribution in [1.29, 1.82) is 0 Å². The third-order valence-corrected chi connectivity index (χ3v) is 5.79. The molecule has 0 aliphatic carbocycles. The van der Waals surface area contributed by atoms with Gasteiger partial charge in [-0.25, -0.2) is 14.4 Å². The van der Waals surface area contributed by atoms with Gasteiger partial charge in [-0.15, -0.1) is 11.3 Å². The van der Waals surface area contributed by atoms with Crippen LogP contribution in [0, 0.1) is 5.82 Å². The monoisotopic (exact) mass is 465 g/mol. The van der Waals surface area contributed by atoms with Crippen molar-refractivity contribution in [3.63, 3.8) is 0 Å². The van der Waals surface area contributed by atoms with Crippen LogP contribution in [0.4, 0.5) is 28.5 Å². The van der Waals surface area contributed by atoms with Crippen molar-refractivity contribution in [3.8, 4) is 11.3 Å². The molecule has 3 aromatic rings. The van der Waals surface area contributed by atoms with Crippen molar-refractivity contribution in [2.24, 2.45) is 0 Å². The molecule has 0 unspecified atom stereocenters. The summed E-state index contributed by atoms with van der Waals surface area (Å²) < 4.78 is 51.1. The lowest BCUT2D eigenvalue weighted by Gasteiger charge is -2.35. The van der Waals surface area contributed by atoms with E-state index in [-0.39, 0.29) is 18.3 Å². The number of carbonyl (C=O) groups excluding carboxylic acids is 1. The third-order valence-electron chi connectivity index (χ3n) is 5.03. The molecule has 0 bridgehead atoms. The van der Waals surface area contributed by atoms with E-state index in [2.05, 4.69) is 15.3 Å². The SMILES string of the molecule is O=C(CN1CCN(c2ccc(C(F)(F)F)cn2)CC1)Nc1nc(-c2ccc(F)cc2)cs1. The van der Waals surface area contributed by atoms with E-state index in [1.54, 1.807) is 17.5 Å². The number of anilines is 2. The molecule has 11 heteroatoms. The third kappa shape index (κ3) is 5.40. The van der Waals surface area contributed by atoms with Gasteiger partial charge in [0.1, 0.15) is 11.6 Å². The highest BCUT2D eigenvalue weighted by Gasteiger charge is 2.31. The molecule has 1 fully saturated rings. The van der Waals surface area contributed by atoms with Crippen molar-refractivity contribution in [3.05, 3.63) is 59.4 Å². The number of hydrogen-bond donors (Lipinski definition) is 1. The summed E-state index contributed by atoms with van der Waals surface area (Å²) >= 11 is 1.29. The van der Waals surface area contributed by atoms with Gasteiger partial charge in [-0.2, -0.15) is 13.2 Å². The van der Waals surface area contributed by atoms with E-state index in [9.17, 15) is 22.4 Å². The number of carbonyl (C=O) groups is 1. The molecule has 0 atom stereocenters. The number of alkyl halides is 3. The van der Waals surface area contributed by atoms with Crippen LogP contribution in [0.1, 0.15) is 5.56 Å². The Morgan fingerprint density at radius 1 is 1.06 bits per heavy atom. The summed E-state index contributed by atoms with van der Waals surface area (Å²) in [5.41, 5.74) is 0.639. The van der Waals surface area contributed by atoms with Gasteiger partial charge in [-0.1, -0.05) is 0 Å². The normalized spacial score (nSPS) is 15.1. The predicted octanol–water partition coefficient (Wildman–Crippen LogP) is 4.12. The number of halogens is 4. The summed E-state index contributed by atoms with van der Waals surface area (Å²) in [6.45, 7) is 2.44. The second-order valence-electron chi connectivity index (χ2n) is 7.26. The second kappa shape index (κ2) is 9.21. The van der Waals surface area contributed by atoms with Crippen LogP contribution in [0.3, 0.4) is 0 Å². The predicted molar refractivity (Wildman–Crippen MR) is 114 cm³/mol. The largest absolute Gasteiger partial charge is 0.417 e. The van der Waals surface area contributed by atoms with E-state index in [1.165, 1.54) is 29.5 Å². The van der Waals surface area contributed by atoms with E-state index in [1.807, 2.05) is 9.80 Å². The summed E-state index contributed by atoms with van der Waals surface area (Å²) in [6.07, 6.45) is -3.57. The molecule has 32 heavy (non-hydrogen) atoms. The zero-order valence-electron chi connectivity index (χ0n) is 16.8. The second-order valence-corrected chi connectivity index (χ2v) is 8.12. The highest BCUT2D eigenvalue weighted by molar-refractivity contribution is 7.14. The zero-order valence-corrected chi connectivity index (χ0v) is 17.6. The Morgan fingerprint density at radius 3 is 2.41 bits per heavy atom. The minimum Gasteiger partial charge on any atom is -0.354 e. The first-order valence-corrected chi connectivity index (χ1v) is 10.7. The number of aromatic nitrogens is 2. The smallest absolute Gasteiger partial charge is 0.354 e. The fourth-order valence-electron chi connectivity index (χ4n) is 3.32. The Morgan fingerprint density at radius 2 is 1.78 bits per heavy atom. The molecule has 1 N–H and O–H groups in total. The molecule has 4 rings (SSSR count). The molecule has 1 aliphatic heterocycles. The highest BCUT2D eigenvalue weighted by atomic mass is 32.1. The van der Waals surface area contributed by atoms with Crippen molar-refractivity contribution >= 4 is 28.2 Å². The van der Waals surface area contributed by atoms with Gasteiger partial charge >= 0.3 is 6.18 Å². The molecule has 2 aromatic heterocycles. The lowest BCUT2D eigenvalue weighted by Crippen LogP contribution is -2.48. The summed E-state index contributed by atoms with van der Waals surface area (Å²) in [7, 11) is 0. The Balaban J connectivity index is 1.26. The summed E-state index contributed by atoms with van der Waals surface area (Å²) in [5, 5.41) is 5.02. The molecule has 1 amide bonds. The molecule has 6 nitrogen and oxygen atoms in total. The minimum absolute atomic E-state index is 0.180. The standard InChI is InChI=1S/C21H19F4N5OS/c22-16-4-1-14(2-5-16)17-13-32-20(27-17)28-19(31)12-29-7-9-30(10-8-29)18-6-3-15(11-26-18)21(23,24)25/h1-6,11,13H,7-10,12H2,(H,27,28,31). The van der Waals surface area contributed by atoms with Crippen LogP contribution in [0.25, 0.3) is 11.3 Å². The first kappa shape index (κ1) is 22.2. The van der Waals surface area contributed by atoms with Gasteiger partial charge in [0, 0.05) is 43.3 Å². The lowest BCUT2D eigenvalue weighted by molar-refractivity contribution is -0.137. The molecule has 1 saturated heterocycles. The number of nitrogens with one attached hydrogen (secondary N) is 1. The molecule has 168 valence electrons. The topological polar surface area (TPSA) is 61.4 Å². The van der Waals surface area contributed by atoms with Crippen LogP contribution in [-0.2, 0) is 11.0 Å². The number of thiazole rings is 1. The van der Waals surface area contributed by atoms with Crippen molar-refractivity contribution in [2.75, 3.05) is 42.9 Å². The average molecular weight is 465 g/mol. The Hall–Kier alpha value is -3.05. The molecule has 1 aromatic carbocycles. The van der Waals surface area contributed by atoms with Crippen LogP contribution in [0.15, 0.2) is 48.0 Å². The zero-order chi connectivity index (χ0) is 22.7. The van der Waals surface area contributed by atoms with Gasteiger partial charge in [-0.05, 0) is 36.4 Å². The van der Waals surface area contributed by atoms with Gasteiger partial charge in [0.2, 0.25) is 5.91 Å². The number of benzene rings is 1. The van der Waals surface area contributed by atoms with E-state index >= 15 is 0 Å². The first-order valence-electron chi connectivity index (χ1n) is 9.80. The maximum absolute atomic E-state index is 13.1. The average Bonchev–Trinajstić information content (AvgIpc) is 3.22. The van der Waals surface area contributed by atoms with Crippen LogP contribution in [-0.4, -0.2) is 53.5 Å². The Kier molecular flexibility index (Phi) is 6.38. The van der Waals surface area contributed by atoms with E-state index in [0.29, 0.717) is 42.8 Å². The number of rotatable bonds is 5. The molecule has 1 aliphatic rings. The number of piperazine rings is 1. The van der Waals surface area contributed by atoms with Crippen LogP contribution >= 0.6 is 11.3 Å². The van der Waals surface area contributed by atoms with Gasteiger partial charge < -0.3 is 10.2 Å². The fourth-order valence-corrected chi connectivity index (χ4v) is 4.06. The van der Waals surface area contributed by atoms with Gasteiger partial charge in [0.15, 0.2) is 5.13 Å². The quantitative estimate of drug-likeness (QED) is 0.575. The van der Waals surface area contributed by atoms with Crippen molar-refractivity contribution in [1.82, 2.24) is 14.9 Å². The Bertz CT molecular complexity index is 1060. The molecular weight excluding hydrogens is 446 g/mol. The maximum Gasteiger partial charge on any atom is 0.417 e. The first-order chi connectivity index (χ1) is 15.3. The number of amides is 1. The number of nitrogens with zero attached hydrogens (tertiary/aromatic N) is 4. The summed E-state index contributed by atoms with van der Waals surface area (Å²) in [4.78, 5) is 24.5. The van der Waals surface area contributed by atoms with Gasteiger partial charge in [0.05, 0.1) is 17.8 Å². The van der Waals surface area contributed by atoms with Crippen LogP contribution in [0.5, 0.6) is 0 Å². The Labute approximate surface area is 185 Å². The number of hydrogen-bond acceptors (Lipinski definition) is 6. The molecule has 0 radical (unpaired) electrons. The van der Waals surface area contributed by atoms with Gasteiger partial charge in [0.25, 0.3) is 0 Å². The van der Waals surface area contributed by atoms with Crippen LogP contribution in [0.2, 0.25) is 0 Å². The van der Waals surface area contributed by atoms with Crippen LogP contribution < -0.4 is 10.2 Å². The fraction of sp³-hybridized carbons (Fsp3) is 0.286. The lowest BCUT2D eigenvalue weighted by atomic mass is 10.2. The molecule has 3 heterocycles. The molecule has 0 saturated carbocycles. The van der Waals surface area contributed by atoms with E-state index in [4.69, 9.17) is 0 Å². The summed E-state index contributed by atoms with van der Waals surface area (Å²) in [5.74, 6) is -0.0453. The van der Waals surface area contributed by atoms with Gasteiger partial charge in [-0.3, -0.25) is 9.69 Å². The van der Waals surface area contributed by atoms with E-state index in [0.717, 1.165) is 17.8 Å². The van der Waals surface area contributed by atoms with Crippen molar-refractivity contribution in [2.45, 2.75) is 6.18 Å². The number of pyridine rings is 1. The molecule has 0 spiro atoms. The highest BCUT2D eigenvalue weighted by Crippen LogP contribution is 2.29. The van der Waals surface area contributed by atoms with E-state index < -0.39 is 11.7 Å². The molecular formula is C21H19F4N5OS. The minimum atomic E-state index is -4.41.